The average molecular weight is 263 g/mol. The van der Waals surface area contributed by atoms with E-state index in [1.807, 2.05) is 12.1 Å². The number of nitrogens with zero attached hydrogens (tertiary/aromatic N) is 1. The van der Waals surface area contributed by atoms with Crippen LogP contribution < -0.4 is 0 Å². The minimum atomic E-state index is 0.131. The van der Waals surface area contributed by atoms with Gasteiger partial charge in [0.1, 0.15) is 0 Å². The Kier molecular flexibility index (Phi) is 5.64. The van der Waals surface area contributed by atoms with Gasteiger partial charge in [-0.05, 0) is 31.4 Å². The molecule has 0 spiro atoms. The van der Waals surface area contributed by atoms with E-state index in [1.54, 1.807) is 17.0 Å². The van der Waals surface area contributed by atoms with Gasteiger partial charge in [-0.25, -0.2) is 0 Å². The van der Waals surface area contributed by atoms with Crippen LogP contribution in [0.4, 0.5) is 0 Å². The van der Waals surface area contributed by atoms with E-state index >= 15 is 0 Å². The Morgan fingerprint density at radius 3 is 2.63 bits per heavy atom. The van der Waals surface area contributed by atoms with Crippen molar-refractivity contribution in [3.05, 3.63) is 24.5 Å². The fourth-order valence-electron chi connectivity index (χ4n) is 2.74. The Morgan fingerprint density at radius 1 is 1.16 bits per heavy atom. The number of hydrogen-bond donors (Lipinski definition) is 0. The second-order valence-electron chi connectivity index (χ2n) is 5.49. The quantitative estimate of drug-likeness (QED) is 0.695. The van der Waals surface area contributed by atoms with Crippen molar-refractivity contribution in [3.63, 3.8) is 0 Å². The third kappa shape index (κ3) is 4.50. The topological polar surface area (TPSA) is 31.2 Å². The highest BCUT2D eigenvalue weighted by Crippen LogP contribution is 2.26. The number of rotatable bonds is 7. The van der Waals surface area contributed by atoms with Crippen LogP contribution in [0.2, 0.25) is 0 Å². The lowest BCUT2D eigenvalue weighted by molar-refractivity contribution is 0.0317. The Labute approximate surface area is 115 Å². The van der Waals surface area contributed by atoms with Crippen LogP contribution in [0.15, 0.2) is 24.5 Å². The van der Waals surface area contributed by atoms with Crippen molar-refractivity contribution in [1.29, 1.82) is 0 Å². The molecule has 3 nitrogen and oxygen atoms in total. The molecule has 1 aromatic heterocycles. The highest BCUT2D eigenvalue weighted by molar-refractivity contribution is 5.79. The van der Waals surface area contributed by atoms with E-state index in [-0.39, 0.29) is 12.0 Å². The molecule has 0 unspecified atom stereocenters. The van der Waals surface area contributed by atoms with Crippen molar-refractivity contribution in [1.82, 2.24) is 4.57 Å². The van der Waals surface area contributed by atoms with Gasteiger partial charge < -0.3 is 4.74 Å². The summed E-state index contributed by atoms with van der Waals surface area (Å²) in [5.74, 6) is 0.140. The van der Waals surface area contributed by atoms with E-state index in [2.05, 4.69) is 6.92 Å². The molecule has 1 aromatic rings. The summed E-state index contributed by atoms with van der Waals surface area (Å²) >= 11 is 0. The second kappa shape index (κ2) is 7.49. The molecule has 2 heterocycles. The van der Waals surface area contributed by atoms with Gasteiger partial charge in [0.05, 0.1) is 18.6 Å². The van der Waals surface area contributed by atoms with Gasteiger partial charge in [-0.3, -0.25) is 9.36 Å². The van der Waals surface area contributed by atoms with Crippen LogP contribution in [0.3, 0.4) is 0 Å². The molecule has 106 valence electrons. The molecule has 3 heteroatoms. The van der Waals surface area contributed by atoms with Gasteiger partial charge in [0.25, 0.3) is 0 Å². The van der Waals surface area contributed by atoms with Crippen LogP contribution in [-0.2, 0) is 4.74 Å². The molecular formula is C16H25NO2. The molecule has 0 amide bonds. The first-order valence-corrected chi connectivity index (χ1v) is 7.61. The maximum absolute atomic E-state index is 12.0. The van der Waals surface area contributed by atoms with E-state index in [0.717, 1.165) is 19.3 Å². The lowest BCUT2D eigenvalue weighted by atomic mass is 10.1. The molecule has 1 fully saturated rings. The number of unbranched alkanes of at least 4 members (excludes halogenated alkanes) is 3. The first-order valence-electron chi connectivity index (χ1n) is 7.61. The first kappa shape index (κ1) is 14.3. The van der Waals surface area contributed by atoms with Gasteiger partial charge in [-0.2, -0.15) is 0 Å². The molecule has 0 aromatic carbocycles. The zero-order chi connectivity index (χ0) is 13.5. The number of hydrogen-bond acceptors (Lipinski definition) is 2. The predicted octanol–water partition coefficient (Wildman–Crippen LogP) is 4.04. The maximum Gasteiger partial charge on any atom is 0.233 e. The SMILES string of the molecule is CCCCCC[C@H]1CC[C@@H](CC(=O)n2cccc2)O1. The van der Waals surface area contributed by atoms with E-state index in [0.29, 0.717) is 12.5 Å². The van der Waals surface area contributed by atoms with Gasteiger partial charge in [-0.1, -0.05) is 32.6 Å². The monoisotopic (exact) mass is 263 g/mol. The Balaban J connectivity index is 1.66. The zero-order valence-corrected chi connectivity index (χ0v) is 11.9. The smallest absolute Gasteiger partial charge is 0.233 e. The van der Waals surface area contributed by atoms with Crippen molar-refractivity contribution in [2.75, 3.05) is 0 Å². The molecule has 1 aliphatic rings. The highest BCUT2D eigenvalue weighted by Gasteiger charge is 2.26. The van der Waals surface area contributed by atoms with E-state index in [9.17, 15) is 4.79 Å². The molecule has 0 aliphatic carbocycles. The number of ether oxygens (including phenoxy) is 1. The Morgan fingerprint density at radius 2 is 1.89 bits per heavy atom. The summed E-state index contributed by atoms with van der Waals surface area (Å²) in [4.78, 5) is 12.0. The number of aromatic nitrogens is 1. The minimum absolute atomic E-state index is 0.131. The van der Waals surface area contributed by atoms with Gasteiger partial charge >= 0.3 is 0 Å². The lowest BCUT2D eigenvalue weighted by Crippen LogP contribution is -2.18. The largest absolute Gasteiger partial charge is 0.374 e. The third-order valence-corrected chi connectivity index (χ3v) is 3.87. The predicted molar refractivity (Wildman–Crippen MR) is 76.3 cm³/mol. The second-order valence-corrected chi connectivity index (χ2v) is 5.49. The average Bonchev–Trinajstić information content (AvgIpc) is 3.06. The molecule has 19 heavy (non-hydrogen) atoms. The fraction of sp³-hybridized carbons (Fsp3) is 0.688. The van der Waals surface area contributed by atoms with Crippen LogP contribution in [0.1, 0.15) is 63.1 Å². The van der Waals surface area contributed by atoms with Crippen molar-refractivity contribution >= 4 is 5.91 Å². The molecule has 2 rings (SSSR count). The van der Waals surface area contributed by atoms with Crippen LogP contribution in [0.5, 0.6) is 0 Å². The lowest BCUT2D eigenvalue weighted by Gasteiger charge is -2.13. The van der Waals surface area contributed by atoms with Crippen LogP contribution in [0.25, 0.3) is 0 Å². The fourth-order valence-corrected chi connectivity index (χ4v) is 2.74. The summed E-state index contributed by atoms with van der Waals surface area (Å²) in [5, 5.41) is 0. The number of carbonyl (C=O) groups is 1. The summed E-state index contributed by atoms with van der Waals surface area (Å²) in [5.41, 5.74) is 0. The van der Waals surface area contributed by atoms with Crippen LogP contribution in [0, 0.1) is 0 Å². The van der Waals surface area contributed by atoms with Gasteiger partial charge in [0, 0.05) is 12.4 Å². The summed E-state index contributed by atoms with van der Waals surface area (Å²) in [6.45, 7) is 2.23. The standard InChI is InChI=1S/C16H25NO2/c1-2-3-4-5-8-14-9-10-15(19-14)13-16(18)17-11-6-7-12-17/h6-7,11-12,14-15H,2-5,8-10,13H2,1H3/t14-,15-/m0/s1. The molecule has 2 atom stereocenters. The first-order chi connectivity index (χ1) is 9.29. The van der Waals surface area contributed by atoms with Crippen molar-refractivity contribution in [2.45, 2.75) is 70.5 Å². The summed E-state index contributed by atoms with van der Waals surface area (Å²) in [6.07, 6.45) is 13.1. The Bertz CT molecular complexity index is 372. The van der Waals surface area contributed by atoms with E-state index < -0.39 is 0 Å². The zero-order valence-electron chi connectivity index (χ0n) is 11.9. The molecule has 0 bridgehead atoms. The molecule has 0 saturated carbocycles. The summed E-state index contributed by atoms with van der Waals surface area (Å²) in [6, 6.07) is 3.76. The molecular weight excluding hydrogens is 238 g/mol. The maximum atomic E-state index is 12.0. The summed E-state index contributed by atoms with van der Waals surface area (Å²) < 4.78 is 7.63. The normalized spacial score (nSPS) is 22.8. The van der Waals surface area contributed by atoms with Crippen molar-refractivity contribution in [3.8, 4) is 0 Å². The molecule has 0 radical (unpaired) electrons. The Hall–Kier alpha value is -1.09. The number of carbonyl (C=O) groups excluding carboxylic acids is 1. The van der Waals surface area contributed by atoms with E-state index in [4.69, 9.17) is 4.74 Å². The van der Waals surface area contributed by atoms with E-state index in [1.165, 1.54) is 25.7 Å². The van der Waals surface area contributed by atoms with Crippen LogP contribution >= 0.6 is 0 Å². The minimum Gasteiger partial charge on any atom is -0.374 e. The van der Waals surface area contributed by atoms with Gasteiger partial charge in [-0.15, -0.1) is 0 Å². The van der Waals surface area contributed by atoms with Crippen molar-refractivity contribution < 1.29 is 9.53 Å². The molecule has 1 saturated heterocycles. The van der Waals surface area contributed by atoms with Crippen molar-refractivity contribution in [2.24, 2.45) is 0 Å². The van der Waals surface area contributed by atoms with Gasteiger partial charge in [0.2, 0.25) is 5.91 Å². The molecule has 1 aliphatic heterocycles. The third-order valence-electron chi connectivity index (χ3n) is 3.87. The van der Waals surface area contributed by atoms with Gasteiger partial charge in [0.15, 0.2) is 0 Å². The molecule has 0 N–H and O–H groups in total. The highest BCUT2D eigenvalue weighted by atomic mass is 16.5. The summed E-state index contributed by atoms with van der Waals surface area (Å²) in [7, 11) is 0. The van der Waals surface area contributed by atoms with Crippen LogP contribution in [-0.4, -0.2) is 22.7 Å².